The number of hydrogen-bond acceptors (Lipinski definition) is 4. The topological polar surface area (TPSA) is 49.8 Å². The van der Waals surface area contributed by atoms with Gasteiger partial charge in [-0.15, -0.1) is 0 Å². The highest BCUT2D eigenvalue weighted by Gasteiger charge is 2.35. The molecule has 0 aliphatic heterocycles. The third-order valence-corrected chi connectivity index (χ3v) is 5.27. The monoisotopic (exact) mass is 456 g/mol. The standard InChI is InChI=1S/C26H31F3N4/c1-4-5-6-9-20-10-7-8-11-23(20)32-24-22(26(27,28)29)17-30-25(33-24)31-21-14-12-19(13-15-21)16-18(2)3/h7-8,10-15,17-18H,4-6,9,16H2,1-3H3,(H2,30,31,32,33). The molecule has 1 heterocycles. The molecule has 0 atom stereocenters. The smallest absolute Gasteiger partial charge is 0.339 e. The van der Waals surface area contributed by atoms with Crippen molar-refractivity contribution in [3.63, 3.8) is 0 Å². The van der Waals surface area contributed by atoms with Gasteiger partial charge in [-0.3, -0.25) is 0 Å². The Morgan fingerprint density at radius 2 is 1.67 bits per heavy atom. The zero-order valence-electron chi connectivity index (χ0n) is 19.3. The van der Waals surface area contributed by atoms with Crippen molar-refractivity contribution in [1.82, 2.24) is 9.97 Å². The number of aryl methyl sites for hydroxylation is 1. The molecule has 2 N–H and O–H groups in total. The number of halogens is 3. The van der Waals surface area contributed by atoms with Crippen molar-refractivity contribution in [2.45, 2.75) is 59.1 Å². The number of aromatic nitrogens is 2. The molecule has 0 amide bonds. The van der Waals surface area contributed by atoms with Crippen molar-refractivity contribution < 1.29 is 13.2 Å². The van der Waals surface area contributed by atoms with E-state index in [0.29, 0.717) is 17.3 Å². The summed E-state index contributed by atoms with van der Waals surface area (Å²) in [7, 11) is 0. The summed E-state index contributed by atoms with van der Waals surface area (Å²) in [6.07, 6.45) is 1.12. The summed E-state index contributed by atoms with van der Waals surface area (Å²) < 4.78 is 41.0. The predicted molar refractivity (Wildman–Crippen MR) is 128 cm³/mol. The Morgan fingerprint density at radius 1 is 0.939 bits per heavy atom. The first-order chi connectivity index (χ1) is 15.8. The van der Waals surface area contributed by atoms with Crippen molar-refractivity contribution in [3.8, 4) is 0 Å². The van der Waals surface area contributed by atoms with Crippen molar-refractivity contribution in [2.75, 3.05) is 10.6 Å². The van der Waals surface area contributed by atoms with Crippen LogP contribution < -0.4 is 10.6 Å². The van der Waals surface area contributed by atoms with Crippen molar-refractivity contribution >= 4 is 23.1 Å². The average Bonchev–Trinajstić information content (AvgIpc) is 2.75. The highest BCUT2D eigenvalue weighted by Crippen LogP contribution is 2.36. The lowest BCUT2D eigenvalue weighted by Crippen LogP contribution is -2.13. The van der Waals surface area contributed by atoms with Gasteiger partial charge in [-0.05, 0) is 54.5 Å². The lowest BCUT2D eigenvalue weighted by atomic mass is 10.0. The number of benzene rings is 2. The number of nitrogens with zero attached hydrogens (tertiary/aromatic N) is 2. The summed E-state index contributed by atoms with van der Waals surface area (Å²) in [6, 6.07) is 15.2. The van der Waals surface area contributed by atoms with Crippen LogP contribution in [0.1, 0.15) is 56.7 Å². The van der Waals surface area contributed by atoms with Gasteiger partial charge in [-0.25, -0.2) is 4.98 Å². The van der Waals surface area contributed by atoms with Gasteiger partial charge in [-0.2, -0.15) is 18.2 Å². The van der Waals surface area contributed by atoms with Crippen molar-refractivity contribution in [2.24, 2.45) is 5.92 Å². The Bertz CT molecular complexity index is 1030. The van der Waals surface area contributed by atoms with Gasteiger partial charge in [0.1, 0.15) is 11.4 Å². The van der Waals surface area contributed by atoms with Gasteiger partial charge < -0.3 is 10.6 Å². The van der Waals surface area contributed by atoms with Crippen LogP contribution in [0.4, 0.5) is 36.3 Å². The quantitative estimate of drug-likeness (QED) is 0.304. The van der Waals surface area contributed by atoms with Gasteiger partial charge in [0.05, 0.1) is 0 Å². The Morgan fingerprint density at radius 3 is 2.33 bits per heavy atom. The van der Waals surface area contributed by atoms with Crippen LogP contribution in [0.3, 0.4) is 0 Å². The van der Waals surface area contributed by atoms with Gasteiger partial charge in [0.2, 0.25) is 5.95 Å². The first-order valence-corrected chi connectivity index (χ1v) is 11.4. The predicted octanol–water partition coefficient (Wildman–Crippen LogP) is 7.91. The van der Waals surface area contributed by atoms with E-state index in [9.17, 15) is 13.2 Å². The molecule has 7 heteroatoms. The Hall–Kier alpha value is -3.09. The van der Waals surface area contributed by atoms with Crippen LogP contribution in [0.25, 0.3) is 0 Å². The van der Waals surface area contributed by atoms with Crippen LogP contribution in [0.15, 0.2) is 54.7 Å². The minimum atomic E-state index is -4.57. The van der Waals surface area contributed by atoms with Crippen LogP contribution in [-0.4, -0.2) is 9.97 Å². The minimum absolute atomic E-state index is 0.102. The molecule has 0 radical (unpaired) electrons. The maximum absolute atomic E-state index is 13.7. The fourth-order valence-corrected chi connectivity index (χ4v) is 3.62. The Labute approximate surface area is 193 Å². The van der Waals surface area contributed by atoms with E-state index < -0.39 is 11.7 Å². The maximum atomic E-state index is 13.7. The Kier molecular flexibility index (Phi) is 8.31. The van der Waals surface area contributed by atoms with Gasteiger partial charge in [0.15, 0.2) is 0 Å². The summed E-state index contributed by atoms with van der Waals surface area (Å²) in [5, 5.41) is 5.94. The molecule has 0 unspecified atom stereocenters. The summed E-state index contributed by atoms with van der Waals surface area (Å²) >= 11 is 0. The van der Waals surface area contributed by atoms with E-state index in [2.05, 4.69) is 41.4 Å². The first-order valence-electron chi connectivity index (χ1n) is 11.4. The first kappa shape index (κ1) is 24.6. The molecule has 176 valence electrons. The molecule has 0 saturated heterocycles. The second-order valence-electron chi connectivity index (χ2n) is 8.61. The van der Waals surface area contributed by atoms with Gasteiger partial charge in [0, 0.05) is 17.6 Å². The van der Waals surface area contributed by atoms with Gasteiger partial charge >= 0.3 is 6.18 Å². The molecule has 0 spiro atoms. The molecule has 1 aromatic heterocycles. The number of unbranched alkanes of at least 4 members (excludes halogenated alkanes) is 2. The van der Waals surface area contributed by atoms with Crippen LogP contribution in [0.2, 0.25) is 0 Å². The molecule has 0 fully saturated rings. The molecule has 3 aromatic rings. The van der Waals surface area contributed by atoms with Crippen molar-refractivity contribution in [3.05, 3.63) is 71.4 Å². The molecule has 2 aromatic carbocycles. The van der Waals surface area contributed by atoms with Crippen LogP contribution >= 0.6 is 0 Å². The lowest BCUT2D eigenvalue weighted by molar-refractivity contribution is -0.137. The number of nitrogens with one attached hydrogen (secondary N) is 2. The maximum Gasteiger partial charge on any atom is 0.421 e. The van der Waals surface area contributed by atoms with E-state index in [4.69, 9.17) is 0 Å². The number of para-hydroxylation sites is 1. The van der Waals surface area contributed by atoms with E-state index in [1.807, 2.05) is 36.4 Å². The third-order valence-electron chi connectivity index (χ3n) is 5.27. The molecule has 0 saturated carbocycles. The highest BCUT2D eigenvalue weighted by molar-refractivity contribution is 5.65. The lowest BCUT2D eigenvalue weighted by Gasteiger charge is -2.17. The SMILES string of the molecule is CCCCCc1ccccc1Nc1nc(Nc2ccc(CC(C)C)cc2)ncc1C(F)(F)F. The summed E-state index contributed by atoms with van der Waals surface area (Å²) in [5.74, 6) is 0.380. The summed E-state index contributed by atoms with van der Waals surface area (Å²) in [5.41, 5.74) is 2.61. The van der Waals surface area contributed by atoms with Crippen LogP contribution in [-0.2, 0) is 19.0 Å². The summed E-state index contributed by atoms with van der Waals surface area (Å²) in [6.45, 7) is 6.42. The van der Waals surface area contributed by atoms with Crippen LogP contribution in [0, 0.1) is 5.92 Å². The van der Waals surface area contributed by atoms with E-state index >= 15 is 0 Å². The fraction of sp³-hybridized carbons (Fsp3) is 0.385. The molecule has 4 nitrogen and oxygen atoms in total. The van der Waals surface area contributed by atoms with E-state index in [-0.39, 0.29) is 11.8 Å². The molecule has 0 bridgehead atoms. The fourth-order valence-electron chi connectivity index (χ4n) is 3.62. The zero-order valence-corrected chi connectivity index (χ0v) is 19.3. The second-order valence-corrected chi connectivity index (χ2v) is 8.61. The molecular weight excluding hydrogens is 425 g/mol. The zero-order chi connectivity index (χ0) is 23.8. The van der Waals surface area contributed by atoms with E-state index in [0.717, 1.165) is 43.9 Å². The molecule has 3 rings (SSSR count). The van der Waals surface area contributed by atoms with E-state index in [1.54, 1.807) is 12.1 Å². The number of alkyl halides is 3. The number of anilines is 4. The molecular formula is C26H31F3N4. The van der Waals surface area contributed by atoms with Gasteiger partial charge in [0.25, 0.3) is 0 Å². The van der Waals surface area contributed by atoms with Crippen molar-refractivity contribution in [1.29, 1.82) is 0 Å². The Balaban J connectivity index is 1.86. The van der Waals surface area contributed by atoms with E-state index in [1.165, 1.54) is 5.56 Å². The average molecular weight is 457 g/mol. The van der Waals surface area contributed by atoms with Crippen LogP contribution in [0.5, 0.6) is 0 Å². The molecule has 33 heavy (non-hydrogen) atoms. The number of hydrogen-bond donors (Lipinski definition) is 2. The minimum Gasteiger partial charge on any atom is -0.339 e. The largest absolute Gasteiger partial charge is 0.421 e. The third kappa shape index (κ3) is 7.20. The summed E-state index contributed by atoms with van der Waals surface area (Å²) in [4.78, 5) is 8.10. The second kappa shape index (κ2) is 11.2. The normalized spacial score (nSPS) is 11.6. The van der Waals surface area contributed by atoms with Gasteiger partial charge in [-0.1, -0.05) is 63.9 Å². The highest BCUT2D eigenvalue weighted by atomic mass is 19.4. The molecule has 0 aliphatic rings. The molecule has 0 aliphatic carbocycles. The number of rotatable bonds is 10.